The molecule has 0 aromatic heterocycles. The maximum atomic E-state index is 4.94. The van der Waals surface area contributed by atoms with Crippen LogP contribution in [0.4, 0.5) is 0 Å². The van der Waals surface area contributed by atoms with Crippen molar-refractivity contribution in [3.05, 3.63) is 30.9 Å². The number of allylic oxidation sites excluding steroid dienone is 1. The minimum Gasteiger partial charge on any atom is -0.462 e. The van der Waals surface area contributed by atoms with Crippen molar-refractivity contribution in [2.75, 3.05) is 0 Å². The van der Waals surface area contributed by atoms with E-state index >= 15 is 0 Å². The molecule has 0 heterocycles. The standard InChI is InChI=1S/C8H12O/c1-4-7-8(5-2)9-6-3/h6H,2-4,7H2,1H3. The average molecular weight is 124 g/mol. The molecule has 0 aromatic rings. The molecule has 0 unspecified atom stereocenters. The van der Waals surface area contributed by atoms with E-state index in [1.807, 2.05) is 0 Å². The van der Waals surface area contributed by atoms with Gasteiger partial charge in [0.1, 0.15) is 5.76 Å². The van der Waals surface area contributed by atoms with E-state index in [2.05, 4.69) is 25.8 Å². The second-order valence-corrected chi connectivity index (χ2v) is 1.63. The molecule has 0 atom stereocenters. The zero-order chi connectivity index (χ0) is 7.11. The molecule has 0 aliphatic carbocycles. The van der Waals surface area contributed by atoms with Crippen molar-refractivity contribution in [3.8, 4) is 0 Å². The second-order valence-electron chi connectivity index (χ2n) is 1.63. The molecular weight excluding hydrogens is 112 g/mol. The zero-order valence-corrected chi connectivity index (χ0v) is 5.81. The zero-order valence-electron chi connectivity index (χ0n) is 5.81. The average Bonchev–Trinajstić information content (AvgIpc) is 1.88. The Morgan fingerprint density at radius 1 is 1.78 bits per heavy atom. The Morgan fingerprint density at radius 2 is 2.44 bits per heavy atom. The van der Waals surface area contributed by atoms with E-state index in [9.17, 15) is 0 Å². The lowest BCUT2D eigenvalue weighted by atomic mass is 10.3. The molecule has 0 aromatic carbocycles. The molecule has 0 saturated carbocycles. The normalized spacial score (nSPS) is 7.67. The molecule has 0 bridgehead atoms. The van der Waals surface area contributed by atoms with Gasteiger partial charge < -0.3 is 4.74 Å². The van der Waals surface area contributed by atoms with Crippen molar-refractivity contribution >= 4 is 0 Å². The van der Waals surface area contributed by atoms with Crippen LogP contribution in [0.25, 0.3) is 0 Å². The molecule has 0 saturated heterocycles. The van der Waals surface area contributed by atoms with E-state index in [4.69, 9.17) is 4.74 Å². The lowest BCUT2D eigenvalue weighted by Gasteiger charge is -1.98. The smallest absolute Gasteiger partial charge is 0.145 e. The lowest BCUT2D eigenvalue weighted by Crippen LogP contribution is -1.80. The lowest BCUT2D eigenvalue weighted by molar-refractivity contribution is 0.335. The second kappa shape index (κ2) is 5.20. The van der Waals surface area contributed by atoms with Gasteiger partial charge in [-0.3, -0.25) is 0 Å². The van der Waals surface area contributed by atoms with Crippen LogP contribution >= 0.6 is 0 Å². The van der Waals surface area contributed by atoms with Crippen LogP contribution in [0.5, 0.6) is 0 Å². The van der Waals surface area contributed by atoms with Crippen molar-refractivity contribution in [1.29, 1.82) is 0 Å². The van der Waals surface area contributed by atoms with E-state index in [-0.39, 0.29) is 0 Å². The maximum absolute atomic E-state index is 4.94. The molecule has 1 heteroatoms. The van der Waals surface area contributed by atoms with Crippen LogP contribution in [0.3, 0.4) is 0 Å². The molecule has 1 nitrogen and oxygen atoms in total. The van der Waals surface area contributed by atoms with E-state index < -0.39 is 0 Å². The van der Waals surface area contributed by atoms with Gasteiger partial charge in [-0.25, -0.2) is 0 Å². The highest BCUT2D eigenvalue weighted by Crippen LogP contribution is 2.03. The number of hydrogen-bond acceptors (Lipinski definition) is 1. The van der Waals surface area contributed by atoms with Crippen LogP contribution in [0.15, 0.2) is 30.9 Å². The van der Waals surface area contributed by atoms with Crippen LogP contribution in [-0.2, 0) is 4.74 Å². The first-order chi connectivity index (χ1) is 4.35. The van der Waals surface area contributed by atoms with Gasteiger partial charge in [-0.05, 0) is 6.42 Å². The van der Waals surface area contributed by atoms with Crippen molar-refractivity contribution in [2.45, 2.75) is 19.8 Å². The topological polar surface area (TPSA) is 9.23 Å². The molecule has 9 heavy (non-hydrogen) atoms. The maximum Gasteiger partial charge on any atom is 0.145 e. The van der Waals surface area contributed by atoms with Crippen LogP contribution in [-0.4, -0.2) is 0 Å². The Hall–Kier alpha value is -0.940. The molecule has 0 fully saturated rings. The molecular formula is C8H12O. The van der Waals surface area contributed by atoms with Crippen molar-refractivity contribution in [3.63, 3.8) is 0 Å². The van der Waals surface area contributed by atoms with E-state index in [1.165, 1.54) is 6.26 Å². The quantitative estimate of drug-likeness (QED) is 0.413. The molecule has 0 radical (unpaired) electrons. The largest absolute Gasteiger partial charge is 0.462 e. The van der Waals surface area contributed by atoms with Gasteiger partial charge in [0.25, 0.3) is 0 Å². The van der Waals surface area contributed by atoms with Crippen LogP contribution in [0.2, 0.25) is 0 Å². The van der Waals surface area contributed by atoms with Crippen molar-refractivity contribution < 1.29 is 4.74 Å². The van der Waals surface area contributed by atoms with E-state index in [0.717, 1.165) is 18.6 Å². The summed E-state index contributed by atoms with van der Waals surface area (Å²) in [6, 6.07) is 0. The molecule has 50 valence electrons. The highest BCUT2D eigenvalue weighted by Gasteiger charge is 1.89. The molecule has 0 aliphatic rings. The van der Waals surface area contributed by atoms with E-state index in [1.54, 1.807) is 0 Å². The van der Waals surface area contributed by atoms with Gasteiger partial charge in [-0.2, -0.15) is 0 Å². The Bertz CT molecular complexity index is 130. The summed E-state index contributed by atoms with van der Waals surface area (Å²) in [6.07, 6.45) is 3.32. The summed E-state index contributed by atoms with van der Waals surface area (Å²) in [7, 11) is 0. The van der Waals surface area contributed by atoms with Gasteiger partial charge >= 0.3 is 0 Å². The monoisotopic (exact) mass is 124 g/mol. The van der Waals surface area contributed by atoms with E-state index in [0.29, 0.717) is 0 Å². The summed E-state index contributed by atoms with van der Waals surface area (Å²) in [6.45, 7) is 8.96. The fraction of sp³-hybridized carbons (Fsp3) is 0.375. The molecule has 0 N–H and O–H groups in total. The molecule has 0 spiro atoms. The van der Waals surface area contributed by atoms with Crippen molar-refractivity contribution in [1.82, 2.24) is 0 Å². The molecule has 0 amide bonds. The summed E-state index contributed by atoms with van der Waals surface area (Å²) >= 11 is 0. The molecule has 0 aliphatic heterocycles. The van der Waals surface area contributed by atoms with Gasteiger partial charge in [0, 0.05) is 6.42 Å². The first-order valence-corrected chi connectivity index (χ1v) is 3.01. The highest BCUT2D eigenvalue weighted by atomic mass is 16.5. The van der Waals surface area contributed by atoms with Gasteiger partial charge in [0.15, 0.2) is 0 Å². The first kappa shape index (κ1) is 8.06. The van der Waals surface area contributed by atoms with Gasteiger partial charge in [0.05, 0.1) is 6.26 Å². The fourth-order valence-electron chi connectivity index (χ4n) is 0.517. The molecule has 0 rings (SSSR count). The van der Waals surface area contributed by atoms with Gasteiger partial charge in [0.2, 0.25) is 0 Å². The summed E-state index contributed by atoms with van der Waals surface area (Å²) in [5, 5.41) is 0. The third kappa shape index (κ3) is 3.63. The Kier molecular flexibility index (Phi) is 4.66. The predicted molar refractivity (Wildman–Crippen MR) is 38.8 cm³/mol. The summed E-state index contributed by atoms with van der Waals surface area (Å²) < 4.78 is 4.94. The van der Waals surface area contributed by atoms with Crippen LogP contribution < -0.4 is 0 Å². The predicted octanol–water partition coefficient (Wildman–Crippen LogP) is 2.62. The number of rotatable bonds is 4. The fourth-order valence-corrected chi connectivity index (χ4v) is 0.517. The van der Waals surface area contributed by atoms with Gasteiger partial charge in [-0.15, -0.1) is 0 Å². The third-order valence-corrected chi connectivity index (χ3v) is 0.900. The number of ether oxygens (including phenoxy) is 1. The van der Waals surface area contributed by atoms with Crippen LogP contribution in [0, 0.1) is 0 Å². The Labute approximate surface area is 56.3 Å². The minimum absolute atomic E-state index is 0.771. The van der Waals surface area contributed by atoms with Gasteiger partial charge in [-0.1, -0.05) is 25.8 Å². The summed E-state index contributed by atoms with van der Waals surface area (Å²) in [4.78, 5) is 0. The van der Waals surface area contributed by atoms with Crippen LogP contribution in [0.1, 0.15) is 19.8 Å². The van der Waals surface area contributed by atoms with Crippen molar-refractivity contribution in [2.24, 2.45) is 0 Å². The highest BCUT2D eigenvalue weighted by molar-refractivity contribution is 4.90. The Morgan fingerprint density at radius 3 is 2.78 bits per heavy atom. The summed E-state index contributed by atoms with van der Waals surface area (Å²) in [5.74, 6) is 0.771. The summed E-state index contributed by atoms with van der Waals surface area (Å²) in [5.41, 5.74) is 2.68. The third-order valence-electron chi connectivity index (χ3n) is 0.900. The first-order valence-electron chi connectivity index (χ1n) is 3.01. The number of hydrogen-bond donors (Lipinski definition) is 0. The SMILES string of the molecule is C=C=C(CCC)OC=C. The minimum atomic E-state index is 0.771. The Balaban J connectivity index is 3.69.